The largest absolute Gasteiger partial charge is 0.303 e. The second-order valence-corrected chi connectivity index (χ2v) is 4.62. The number of hydrogen-bond acceptors (Lipinski definition) is 1. The zero-order chi connectivity index (χ0) is 9.14. The molecule has 0 unspecified atom stereocenters. The predicted octanol–water partition coefficient (Wildman–Crippen LogP) is 2.76. The van der Waals surface area contributed by atoms with E-state index in [0.29, 0.717) is 0 Å². The first-order valence-electron chi connectivity index (χ1n) is 5.33. The number of hydrogen-bond donors (Lipinski definition) is 0. The summed E-state index contributed by atoms with van der Waals surface area (Å²) in [5.41, 5.74) is 0. The Morgan fingerprint density at radius 3 is 2.50 bits per heavy atom. The maximum Gasteiger partial charge on any atom is 0.00945 e. The molecule has 0 aliphatic carbocycles. The fraction of sp³-hybridized carbons (Fsp3) is 1.00. The van der Waals surface area contributed by atoms with Crippen molar-refractivity contribution < 1.29 is 0 Å². The molecule has 2 atom stereocenters. The third-order valence-corrected chi connectivity index (χ3v) is 3.47. The third kappa shape index (κ3) is 2.22. The summed E-state index contributed by atoms with van der Waals surface area (Å²) < 4.78 is 0. The van der Waals surface area contributed by atoms with Crippen molar-refractivity contribution in [2.45, 2.75) is 46.1 Å². The maximum atomic E-state index is 2.53. The lowest BCUT2D eigenvalue weighted by molar-refractivity contribution is 0.172. The molecule has 0 saturated carbocycles. The van der Waals surface area contributed by atoms with Gasteiger partial charge >= 0.3 is 0 Å². The van der Waals surface area contributed by atoms with Crippen LogP contribution in [0.1, 0.15) is 40.0 Å². The molecule has 0 spiro atoms. The monoisotopic (exact) mass is 169 g/mol. The quantitative estimate of drug-likeness (QED) is 0.583. The van der Waals surface area contributed by atoms with Gasteiger partial charge in [0.2, 0.25) is 0 Å². The van der Waals surface area contributed by atoms with Crippen molar-refractivity contribution >= 4 is 0 Å². The van der Waals surface area contributed by atoms with Crippen molar-refractivity contribution in [2.24, 2.45) is 11.8 Å². The van der Waals surface area contributed by atoms with Gasteiger partial charge in [-0.05, 0) is 45.2 Å². The Morgan fingerprint density at radius 2 is 1.92 bits per heavy atom. The summed E-state index contributed by atoms with van der Waals surface area (Å²) in [7, 11) is 2.27. The van der Waals surface area contributed by atoms with Crippen LogP contribution in [-0.2, 0) is 0 Å². The van der Waals surface area contributed by atoms with E-state index in [2.05, 4.69) is 32.7 Å². The van der Waals surface area contributed by atoms with Gasteiger partial charge in [0.05, 0.1) is 0 Å². The molecular weight excluding hydrogens is 146 g/mol. The van der Waals surface area contributed by atoms with Crippen molar-refractivity contribution in [3.8, 4) is 0 Å². The molecule has 0 aromatic rings. The molecular formula is C11H23N. The second-order valence-electron chi connectivity index (χ2n) is 4.62. The third-order valence-electron chi connectivity index (χ3n) is 3.47. The van der Waals surface area contributed by atoms with E-state index in [-0.39, 0.29) is 0 Å². The maximum absolute atomic E-state index is 2.53. The van der Waals surface area contributed by atoms with Crippen LogP contribution in [0.5, 0.6) is 0 Å². The summed E-state index contributed by atoms with van der Waals surface area (Å²) >= 11 is 0. The summed E-state index contributed by atoms with van der Waals surface area (Å²) in [6.45, 7) is 8.40. The van der Waals surface area contributed by atoms with Crippen LogP contribution in [0.2, 0.25) is 0 Å². The summed E-state index contributed by atoms with van der Waals surface area (Å²) in [5.74, 6) is 1.76. The normalized spacial score (nSPS) is 33.8. The highest BCUT2D eigenvalue weighted by molar-refractivity contribution is 4.79. The predicted molar refractivity (Wildman–Crippen MR) is 54.3 cm³/mol. The SMILES string of the molecule is CC(C)[C@H]1CCCCN(C)[C@@H]1C. The standard InChI is InChI=1S/C11H23N/c1-9(2)11-7-5-6-8-12(4)10(11)3/h9-11H,5-8H2,1-4H3/t10-,11-/m1/s1. The van der Waals surface area contributed by atoms with Crippen molar-refractivity contribution in [3.63, 3.8) is 0 Å². The highest BCUT2D eigenvalue weighted by atomic mass is 15.1. The zero-order valence-corrected chi connectivity index (χ0v) is 9.01. The Morgan fingerprint density at radius 1 is 1.25 bits per heavy atom. The van der Waals surface area contributed by atoms with Crippen LogP contribution in [0, 0.1) is 11.8 Å². The molecule has 1 heterocycles. The Bertz CT molecular complexity index is 131. The van der Waals surface area contributed by atoms with Crippen LogP contribution in [0.4, 0.5) is 0 Å². The van der Waals surface area contributed by atoms with Gasteiger partial charge in [-0.1, -0.05) is 20.3 Å². The van der Waals surface area contributed by atoms with Gasteiger partial charge in [-0.15, -0.1) is 0 Å². The summed E-state index contributed by atoms with van der Waals surface area (Å²) in [5, 5.41) is 0. The summed E-state index contributed by atoms with van der Waals surface area (Å²) in [6, 6.07) is 0.785. The fourth-order valence-electron chi connectivity index (χ4n) is 2.40. The van der Waals surface area contributed by atoms with Gasteiger partial charge in [0, 0.05) is 6.04 Å². The molecule has 1 fully saturated rings. The van der Waals surface area contributed by atoms with E-state index in [0.717, 1.165) is 17.9 Å². The molecule has 1 aliphatic rings. The number of rotatable bonds is 1. The van der Waals surface area contributed by atoms with Crippen molar-refractivity contribution in [3.05, 3.63) is 0 Å². The minimum Gasteiger partial charge on any atom is -0.303 e. The first-order valence-corrected chi connectivity index (χ1v) is 5.33. The van der Waals surface area contributed by atoms with Crippen LogP contribution in [0.25, 0.3) is 0 Å². The Kier molecular flexibility index (Phi) is 3.57. The van der Waals surface area contributed by atoms with Crippen molar-refractivity contribution in [1.82, 2.24) is 4.90 Å². The molecule has 0 aromatic carbocycles. The van der Waals surface area contributed by atoms with Crippen LogP contribution in [0.15, 0.2) is 0 Å². The van der Waals surface area contributed by atoms with Gasteiger partial charge < -0.3 is 4.90 Å². The molecule has 0 bridgehead atoms. The highest BCUT2D eigenvalue weighted by Gasteiger charge is 2.25. The minimum absolute atomic E-state index is 0.785. The van der Waals surface area contributed by atoms with E-state index < -0.39 is 0 Å². The average Bonchev–Trinajstić information content (AvgIpc) is 2.15. The van der Waals surface area contributed by atoms with Crippen molar-refractivity contribution in [2.75, 3.05) is 13.6 Å². The zero-order valence-electron chi connectivity index (χ0n) is 9.01. The van der Waals surface area contributed by atoms with Gasteiger partial charge in [-0.2, -0.15) is 0 Å². The molecule has 12 heavy (non-hydrogen) atoms. The molecule has 1 rings (SSSR count). The molecule has 0 radical (unpaired) electrons. The van der Waals surface area contributed by atoms with E-state index in [1.165, 1.54) is 25.8 Å². The molecule has 72 valence electrons. The first kappa shape index (κ1) is 10.0. The first-order chi connectivity index (χ1) is 5.63. The van der Waals surface area contributed by atoms with Crippen molar-refractivity contribution in [1.29, 1.82) is 0 Å². The van der Waals surface area contributed by atoms with E-state index in [4.69, 9.17) is 0 Å². The van der Waals surface area contributed by atoms with E-state index in [1.807, 2.05) is 0 Å². The average molecular weight is 169 g/mol. The Balaban J connectivity index is 2.58. The number of likely N-dealkylation sites (tertiary alicyclic amines) is 1. The smallest absolute Gasteiger partial charge is 0.00945 e. The summed E-state index contributed by atoms with van der Waals surface area (Å²) in [4.78, 5) is 2.53. The molecule has 0 N–H and O–H groups in total. The Labute approximate surface area is 77.1 Å². The van der Waals surface area contributed by atoms with Gasteiger partial charge in [0.15, 0.2) is 0 Å². The fourth-order valence-corrected chi connectivity index (χ4v) is 2.40. The van der Waals surface area contributed by atoms with Gasteiger partial charge in [0.1, 0.15) is 0 Å². The van der Waals surface area contributed by atoms with Crippen LogP contribution in [-0.4, -0.2) is 24.5 Å². The van der Waals surface area contributed by atoms with Gasteiger partial charge in [-0.3, -0.25) is 0 Å². The molecule has 1 nitrogen and oxygen atoms in total. The lowest BCUT2D eigenvalue weighted by Crippen LogP contribution is -2.36. The molecule has 1 aliphatic heterocycles. The van der Waals surface area contributed by atoms with Gasteiger partial charge in [0.25, 0.3) is 0 Å². The van der Waals surface area contributed by atoms with Crippen LogP contribution in [0.3, 0.4) is 0 Å². The summed E-state index contributed by atoms with van der Waals surface area (Å²) in [6.07, 6.45) is 4.25. The van der Waals surface area contributed by atoms with Crippen LogP contribution >= 0.6 is 0 Å². The Hall–Kier alpha value is -0.0400. The molecule has 1 saturated heterocycles. The van der Waals surface area contributed by atoms with E-state index >= 15 is 0 Å². The van der Waals surface area contributed by atoms with E-state index in [1.54, 1.807) is 0 Å². The van der Waals surface area contributed by atoms with E-state index in [9.17, 15) is 0 Å². The molecule has 0 aromatic heterocycles. The lowest BCUT2D eigenvalue weighted by atomic mass is 9.86. The molecule has 0 amide bonds. The number of nitrogens with zero attached hydrogens (tertiary/aromatic N) is 1. The van der Waals surface area contributed by atoms with Gasteiger partial charge in [-0.25, -0.2) is 0 Å². The molecule has 1 heteroatoms. The highest BCUT2D eigenvalue weighted by Crippen LogP contribution is 2.27. The second kappa shape index (κ2) is 4.27. The lowest BCUT2D eigenvalue weighted by Gasteiger charge is -2.31. The van der Waals surface area contributed by atoms with Crippen LogP contribution < -0.4 is 0 Å². The topological polar surface area (TPSA) is 3.24 Å². The minimum atomic E-state index is 0.785.